The van der Waals surface area contributed by atoms with Crippen LogP contribution in [0.5, 0.6) is 0 Å². The quantitative estimate of drug-likeness (QED) is 0.640. The van der Waals surface area contributed by atoms with Crippen molar-refractivity contribution in [2.24, 2.45) is 0 Å². The third kappa shape index (κ3) is 3.01. The number of nitro benzene ring substituents is 1. The van der Waals surface area contributed by atoms with Gasteiger partial charge in [-0.15, -0.1) is 0 Å². The van der Waals surface area contributed by atoms with E-state index >= 15 is 0 Å². The van der Waals surface area contributed by atoms with E-state index in [4.69, 9.17) is 4.74 Å². The molecule has 1 fully saturated rings. The summed E-state index contributed by atoms with van der Waals surface area (Å²) in [5, 5.41) is 14.6. The first-order chi connectivity index (χ1) is 9.65. The van der Waals surface area contributed by atoms with Crippen LogP contribution >= 0.6 is 0 Å². The van der Waals surface area contributed by atoms with Gasteiger partial charge in [0, 0.05) is 20.2 Å². The minimum Gasteiger partial charge on any atom is -0.379 e. The highest BCUT2D eigenvalue weighted by atomic mass is 16.6. The number of likely N-dealkylation sites (N-methyl/N-ethyl adjacent to an activating group) is 1. The number of para-hydroxylation sites is 1. The topological polar surface area (TPSA) is 67.6 Å². The van der Waals surface area contributed by atoms with Crippen molar-refractivity contribution >= 4 is 17.1 Å². The maximum atomic E-state index is 11.4. The van der Waals surface area contributed by atoms with Crippen LogP contribution < -0.4 is 10.2 Å². The summed E-state index contributed by atoms with van der Waals surface area (Å²) in [5.74, 6) is 0. The number of nitrogens with one attached hydrogen (secondary N) is 1. The number of rotatable bonds is 6. The molecule has 2 rings (SSSR count). The molecule has 1 aromatic rings. The summed E-state index contributed by atoms with van der Waals surface area (Å²) in [6, 6.07) is 5.62. The predicted octanol–water partition coefficient (Wildman–Crippen LogP) is 2.64. The highest BCUT2D eigenvalue weighted by Gasteiger charge is 2.28. The summed E-state index contributed by atoms with van der Waals surface area (Å²) < 4.78 is 5.37. The number of benzene rings is 1. The fraction of sp³-hybridized carbons (Fsp3) is 0.571. The number of nitro groups is 1. The van der Waals surface area contributed by atoms with Crippen molar-refractivity contribution in [1.29, 1.82) is 0 Å². The summed E-state index contributed by atoms with van der Waals surface area (Å²) in [5.41, 5.74) is 1.38. The van der Waals surface area contributed by atoms with Crippen LogP contribution in [0.2, 0.25) is 0 Å². The Morgan fingerprint density at radius 2 is 2.35 bits per heavy atom. The number of anilines is 2. The second-order valence-electron chi connectivity index (χ2n) is 4.99. The molecule has 1 N–H and O–H groups in total. The van der Waals surface area contributed by atoms with Gasteiger partial charge >= 0.3 is 5.69 Å². The normalized spacial score (nSPS) is 18.0. The number of nitrogens with zero attached hydrogens (tertiary/aromatic N) is 2. The maximum Gasteiger partial charge on any atom is 0.315 e. The molecule has 6 heteroatoms. The molecule has 0 aliphatic carbocycles. The fourth-order valence-electron chi connectivity index (χ4n) is 2.43. The minimum absolute atomic E-state index is 0.148. The Bertz CT molecular complexity index is 473. The molecule has 1 saturated heterocycles. The minimum atomic E-state index is -0.306. The second-order valence-corrected chi connectivity index (χ2v) is 4.99. The lowest BCUT2D eigenvalue weighted by molar-refractivity contribution is -0.383. The van der Waals surface area contributed by atoms with Crippen LogP contribution in [-0.2, 0) is 4.74 Å². The fourth-order valence-corrected chi connectivity index (χ4v) is 2.43. The average Bonchev–Trinajstić information content (AvgIpc) is 2.97. The summed E-state index contributed by atoms with van der Waals surface area (Å²) >= 11 is 0. The Hall–Kier alpha value is -1.82. The molecule has 1 atom stereocenters. The van der Waals surface area contributed by atoms with Gasteiger partial charge in [-0.1, -0.05) is 13.0 Å². The smallest absolute Gasteiger partial charge is 0.315 e. The molecule has 110 valence electrons. The molecule has 0 aromatic heterocycles. The van der Waals surface area contributed by atoms with E-state index < -0.39 is 0 Å². The lowest BCUT2D eigenvalue weighted by atomic mass is 10.1. The molecule has 1 unspecified atom stereocenters. The van der Waals surface area contributed by atoms with E-state index in [1.807, 2.05) is 24.9 Å². The van der Waals surface area contributed by atoms with Gasteiger partial charge in [0.2, 0.25) is 0 Å². The Morgan fingerprint density at radius 3 is 2.95 bits per heavy atom. The van der Waals surface area contributed by atoms with Gasteiger partial charge in [0.15, 0.2) is 0 Å². The molecule has 1 aromatic carbocycles. The zero-order valence-corrected chi connectivity index (χ0v) is 12.0. The van der Waals surface area contributed by atoms with Crippen molar-refractivity contribution in [2.75, 3.05) is 37.0 Å². The molecule has 0 bridgehead atoms. The largest absolute Gasteiger partial charge is 0.379 e. The van der Waals surface area contributed by atoms with Crippen molar-refractivity contribution in [3.63, 3.8) is 0 Å². The first-order valence-corrected chi connectivity index (χ1v) is 6.97. The standard InChI is InChI=1S/C14H21N3O3/c1-3-8-15-12-5-4-6-13(14(12)17(18)19)16(2)11-7-9-20-10-11/h4-6,11,15H,3,7-10H2,1-2H3. The van der Waals surface area contributed by atoms with E-state index in [9.17, 15) is 10.1 Å². The van der Waals surface area contributed by atoms with Crippen LogP contribution in [0, 0.1) is 10.1 Å². The van der Waals surface area contributed by atoms with Crippen molar-refractivity contribution < 1.29 is 9.66 Å². The van der Waals surface area contributed by atoms with Gasteiger partial charge in [-0.25, -0.2) is 0 Å². The van der Waals surface area contributed by atoms with Gasteiger partial charge in [0.05, 0.1) is 17.6 Å². The van der Waals surface area contributed by atoms with E-state index in [-0.39, 0.29) is 16.7 Å². The third-order valence-electron chi connectivity index (χ3n) is 3.60. The van der Waals surface area contributed by atoms with Crippen LogP contribution in [0.1, 0.15) is 19.8 Å². The van der Waals surface area contributed by atoms with E-state index in [0.717, 1.165) is 26.0 Å². The Kier molecular flexibility index (Phi) is 4.79. The zero-order valence-electron chi connectivity index (χ0n) is 12.0. The van der Waals surface area contributed by atoms with Gasteiger partial charge in [0.1, 0.15) is 11.4 Å². The van der Waals surface area contributed by atoms with Crippen molar-refractivity contribution in [1.82, 2.24) is 0 Å². The first-order valence-electron chi connectivity index (χ1n) is 6.97. The van der Waals surface area contributed by atoms with E-state index in [1.165, 1.54) is 0 Å². The predicted molar refractivity (Wildman–Crippen MR) is 79.5 cm³/mol. The molecular weight excluding hydrogens is 258 g/mol. The van der Waals surface area contributed by atoms with Crippen LogP contribution in [0.3, 0.4) is 0 Å². The molecule has 1 aliphatic rings. The van der Waals surface area contributed by atoms with E-state index in [1.54, 1.807) is 12.1 Å². The van der Waals surface area contributed by atoms with E-state index in [2.05, 4.69) is 5.32 Å². The maximum absolute atomic E-state index is 11.4. The zero-order chi connectivity index (χ0) is 14.5. The van der Waals surface area contributed by atoms with Crippen molar-refractivity contribution in [3.05, 3.63) is 28.3 Å². The highest BCUT2D eigenvalue weighted by molar-refractivity contribution is 5.77. The van der Waals surface area contributed by atoms with Gasteiger partial charge in [-0.2, -0.15) is 0 Å². The lowest BCUT2D eigenvalue weighted by Gasteiger charge is -2.25. The summed E-state index contributed by atoms with van der Waals surface area (Å²) in [6.45, 7) is 4.10. The van der Waals surface area contributed by atoms with Crippen LogP contribution in [0.4, 0.5) is 17.1 Å². The number of ether oxygens (including phenoxy) is 1. The molecule has 1 aliphatic heterocycles. The SMILES string of the molecule is CCCNc1cccc(N(C)C2CCOC2)c1[N+](=O)[O-]. The summed E-state index contributed by atoms with van der Waals surface area (Å²) in [6.07, 6.45) is 1.83. The van der Waals surface area contributed by atoms with Gasteiger partial charge in [-0.05, 0) is 25.0 Å². The number of hydrogen-bond donors (Lipinski definition) is 1. The summed E-state index contributed by atoms with van der Waals surface area (Å²) in [7, 11) is 1.89. The van der Waals surface area contributed by atoms with Crippen molar-refractivity contribution in [2.45, 2.75) is 25.8 Å². The summed E-state index contributed by atoms with van der Waals surface area (Å²) in [4.78, 5) is 13.1. The molecule has 0 radical (unpaired) electrons. The van der Waals surface area contributed by atoms with Crippen LogP contribution in [0.25, 0.3) is 0 Å². The monoisotopic (exact) mass is 279 g/mol. The van der Waals surface area contributed by atoms with Crippen LogP contribution in [0.15, 0.2) is 18.2 Å². The lowest BCUT2D eigenvalue weighted by Crippen LogP contribution is -2.32. The van der Waals surface area contributed by atoms with Gasteiger partial charge in [0.25, 0.3) is 0 Å². The van der Waals surface area contributed by atoms with Gasteiger partial charge < -0.3 is 15.0 Å². The van der Waals surface area contributed by atoms with Gasteiger partial charge in [-0.3, -0.25) is 10.1 Å². The Labute approximate surface area is 118 Å². The molecule has 0 spiro atoms. The molecule has 0 saturated carbocycles. The average molecular weight is 279 g/mol. The Morgan fingerprint density at radius 1 is 1.55 bits per heavy atom. The number of hydrogen-bond acceptors (Lipinski definition) is 5. The van der Waals surface area contributed by atoms with E-state index in [0.29, 0.717) is 18.0 Å². The molecule has 20 heavy (non-hydrogen) atoms. The molecular formula is C14H21N3O3. The van der Waals surface area contributed by atoms with Crippen molar-refractivity contribution in [3.8, 4) is 0 Å². The molecule has 1 heterocycles. The molecule has 0 amide bonds. The molecule has 6 nitrogen and oxygen atoms in total. The first kappa shape index (κ1) is 14.6. The highest BCUT2D eigenvalue weighted by Crippen LogP contribution is 2.36. The van der Waals surface area contributed by atoms with Crippen LogP contribution in [-0.4, -0.2) is 37.8 Å². The third-order valence-corrected chi connectivity index (χ3v) is 3.60. The Balaban J connectivity index is 2.33. The second kappa shape index (κ2) is 6.56.